The molecule has 41 heavy (non-hydrogen) atoms. The SMILES string of the molecule is Cc1onc2c1c(=O)n(C1CCCC(NC(=O)C(c3ccccc3)N3CCN(CCO)CC3)C1)c1cccc(Cl)c21. The highest BCUT2D eigenvalue weighted by Gasteiger charge is 2.34. The van der Waals surface area contributed by atoms with Crippen molar-refractivity contribution in [3.63, 3.8) is 0 Å². The topological polar surface area (TPSA) is 104 Å². The fourth-order valence-electron chi connectivity index (χ4n) is 6.69. The Morgan fingerprint density at radius 2 is 1.88 bits per heavy atom. The Hall–Kier alpha value is -3.24. The van der Waals surface area contributed by atoms with Crippen LogP contribution in [-0.2, 0) is 4.79 Å². The number of halogens is 1. The van der Waals surface area contributed by atoms with E-state index in [-0.39, 0.29) is 30.2 Å². The van der Waals surface area contributed by atoms with Crippen LogP contribution >= 0.6 is 11.6 Å². The molecule has 2 aromatic carbocycles. The number of rotatable bonds is 7. The molecule has 1 saturated heterocycles. The molecule has 10 heteroatoms. The number of aliphatic hydroxyl groups is 1. The lowest BCUT2D eigenvalue weighted by Crippen LogP contribution is -2.52. The van der Waals surface area contributed by atoms with E-state index >= 15 is 0 Å². The van der Waals surface area contributed by atoms with Crippen LogP contribution in [0.4, 0.5) is 0 Å². The monoisotopic (exact) mass is 577 g/mol. The zero-order valence-electron chi connectivity index (χ0n) is 23.3. The Morgan fingerprint density at radius 3 is 2.63 bits per heavy atom. The molecule has 9 nitrogen and oxygen atoms in total. The molecule has 0 bridgehead atoms. The van der Waals surface area contributed by atoms with Gasteiger partial charge in [-0.25, -0.2) is 0 Å². The molecule has 0 spiro atoms. The minimum atomic E-state index is -0.397. The summed E-state index contributed by atoms with van der Waals surface area (Å²) < 4.78 is 7.27. The van der Waals surface area contributed by atoms with Crippen LogP contribution in [0.2, 0.25) is 5.02 Å². The Kier molecular flexibility index (Phi) is 8.12. The zero-order valence-corrected chi connectivity index (χ0v) is 24.0. The maximum absolute atomic E-state index is 14.0. The third kappa shape index (κ3) is 5.39. The van der Waals surface area contributed by atoms with Gasteiger partial charge >= 0.3 is 0 Å². The number of benzene rings is 2. The number of aromatic nitrogens is 2. The predicted molar refractivity (Wildman–Crippen MR) is 159 cm³/mol. The van der Waals surface area contributed by atoms with Crippen molar-refractivity contribution in [1.29, 1.82) is 0 Å². The first-order valence-corrected chi connectivity index (χ1v) is 14.9. The third-order valence-electron chi connectivity index (χ3n) is 8.69. The van der Waals surface area contributed by atoms with Gasteiger partial charge in [0.2, 0.25) is 5.91 Å². The number of carbonyl (C=O) groups excluding carboxylic acids is 1. The number of amides is 1. The summed E-state index contributed by atoms with van der Waals surface area (Å²) in [5.41, 5.74) is 2.07. The number of hydrogen-bond donors (Lipinski definition) is 2. The molecule has 1 amide bonds. The first kappa shape index (κ1) is 27.9. The summed E-state index contributed by atoms with van der Waals surface area (Å²) >= 11 is 6.63. The minimum absolute atomic E-state index is 0.0111. The van der Waals surface area contributed by atoms with Gasteiger partial charge in [0.25, 0.3) is 5.56 Å². The van der Waals surface area contributed by atoms with Crippen LogP contribution in [0.25, 0.3) is 21.8 Å². The Balaban J connectivity index is 1.27. The summed E-state index contributed by atoms with van der Waals surface area (Å²) in [6, 6.07) is 14.9. The molecule has 6 rings (SSSR count). The van der Waals surface area contributed by atoms with Crippen LogP contribution in [0.15, 0.2) is 57.8 Å². The van der Waals surface area contributed by atoms with E-state index in [1.165, 1.54) is 0 Å². The van der Waals surface area contributed by atoms with Crippen LogP contribution < -0.4 is 10.9 Å². The van der Waals surface area contributed by atoms with Crippen LogP contribution in [0.3, 0.4) is 0 Å². The molecule has 216 valence electrons. The van der Waals surface area contributed by atoms with E-state index in [2.05, 4.69) is 20.3 Å². The van der Waals surface area contributed by atoms with Gasteiger partial charge in [-0.15, -0.1) is 0 Å². The lowest BCUT2D eigenvalue weighted by molar-refractivity contribution is -0.128. The number of piperazine rings is 1. The van der Waals surface area contributed by atoms with E-state index in [1.54, 1.807) is 13.0 Å². The molecule has 2 aliphatic rings. The average Bonchev–Trinajstić information content (AvgIpc) is 3.37. The second kappa shape index (κ2) is 11.9. The number of hydrogen-bond acceptors (Lipinski definition) is 7. The number of β-amino-alcohol motifs (C(OH)–C–C–N with tert-alkyl or cyclic N) is 1. The van der Waals surface area contributed by atoms with Gasteiger partial charge in [0.15, 0.2) is 0 Å². The third-order valence-corrected chi connectivity index (χ3v) is 9.01. The van der Waals surface area contributed by atoms with Crippen molar-refractivity contribution in [3.8, 4) is 0 Å². The molecule has 0 radical (unpaired) electrons. The molecule has 2 N–H and O–H groups in total. The molecule has 4 aromatic rings. The molecule has 1 saturated carbocycles. The maximum Gasteiger partial charge on any atom is 0.264 e. The molecule has 2 fully saturated rings. The van der Waals surface area contributed by atoms with Crippen LogP contribution in [-0.4, -0.2) is 75.9 Å². The highest BCUT2D eigenvalue weighted by Crippen LogP contribution is 2.35. The molecule has 3 heterocycles. The van der Waals surface area contributed by atoms with E-state index in [4.69, 9.17) is 16.1 Å². The molecule has 3 atom stereocenters. The lowest BCUT2D eigenvalue weighted by Gasteiger charge is -2.39. The van der Waals surface area contributed by atoms with Crippen molar-refractivity contribution in [2.75, 3.05) is 39.3 Å². The first-order valence-electron chi connectivity index (χ1n) is 14.5. The largest absolute Gasteiger partial charge is 0.395 e. The fraction of sp³-hybridized carbons (Fsp3) is 0.452. The number of aryl methyl sites for hydroxylation is 1. The lowest BCUT2D eigenvalue weighted by atomic mass is 9.89. The van der Waals surface area contributed by atoms with Gasteiger partial charge in [-0.3, -0.25) is 19.4 Å². The van der Waals surface area contributed by atoms with Crippen molar-refractivity contribution in [2.24, 2.45) is 0 Å². The van der Waals surface area contributed by atoms with Crippen LogP contribution in [0, 0.1) is 6.92 Å². The molecule has 3 unspecified atom stereocenters. The van der Waals surface area contributed by atoms with Gasteiger partial charge in [0, 0.05) is 50.2 Å². The molecular formula is C31H36ClN5O4. The number of nitrogens with one attached hydrogen (secondary N) is 1. The Morgan fingerprint density at radius 1 is 1.10 bits per heavy atom. The van der Waals surface area contributed by atoms with Crippen molar-refractivity contribution in [1.82, 2.24) is 24.8 Å². The molecule has 2 aromatic heterocycles. The fourth-order valence-corrected chi connectivity index (χ4v) is 6.95. The average molecular weight is 578 g/mol. The number of pyridine rings is 1. The van der Waals surface area contributed by atoms with E-state index in [1.807, 2.05) is 47.0 Å². The van der Waals surface area contributed by atoms with Gasteiger partial charge in [-0.2, -0.15) is 0 Å². The van der Waals surface area contributed by atoms with Crippen molar-refractivity contribution in [2.45, 2.75) is 50.7 Å². The van der Waals surface area contributed by atoms with Gasteiger partial charge in [0.05, 0.1) is 17.1 Å². The van der Waals surface area contributed by atoms with Gasteiger partial charge < -0.3 is 19.5 Å². The quantitative estimate of drug-likeness (QED) is 0.341. The van der Waals surface area contributed by atoms with Gasteiger partial charge in [0.1, 0.15) is 22.7 Å². The van der Waals surface area contributed by atoms with Crippen LogP contribution in [0.1, 0.15) is 49.1 Å². The second-order valence-corrected chi connectivity index (χ2v) is 11.6. The van der Waals surface area contributed by atoms with Gasteiger partial charge in [-0.1, -0.05) is 53.2 Å². The van der Waals surface area contributed by atoms with E-state index in [9.17, 15) is 14.7 Å². The molecule has 1 aliphatic carbocycles. The van der Waals surface area contributed by atoms with E-state index in [0.29, 0.717) is 34.7 Å². The summed E-state index contributed by atoms with van der Waals surface area (Å²) in [5, 5.41) is 18.6. The number of fused-ring (bicyclic) bond motifs is 3. The summed E-state index contributed by atoms with van der Waals surface area (Å²) in [6.07, 6.45) is 3.23. The normalized spacial score (nSPS) is 21.3. The zero-order chi connectivity index (χ0) is 28.5. The van der Waals surface area contributed by atoms with Gasteiger partial charge in [-0.05, 0) is 50.3 Å². The summed E-state index contributed by atoms with van der Waals surface area (Å²) in [6.45, 7) is 5.67. The highest BCUT2D eigenvalue weighted by atomic mass is 35.5. The number of aliphatic hydroxyl groups excluding tert-OH is 1. The summed E-state index contributed by atoms with van der Waals surface area (Å²) in [5.74, 6) is 0.467. The van der Waals surface area contributed by atoms with Crippen molar-refractivity contribution >= 4 is 39.3 Å². The van der Waals surface area contributed by atoms with E-state index < -0.39 is 6.04 Å². The van der Waals surface area contributed by atoms with Crippen molar-refractivity contribution < 1.29 is 14.4 Å². The number of nitrogens with zero attached hydrogens (tertiary/aromatic N) is 4. The summed E-state index contributed by atoms with van der Waals surface area (Å²) in [7, 11) is 0. The minimum Gasteiger partial charge on any atom is -0.395 e. The standard InChI is InChI=1S/C31H36ClN5O4/c1-20-26-28(34-41-20)27-24(32)11-6-12-25(27)37(31(26)40)23-10-5-9-22(19-23)33-30(39)29(21-7-3-2-4-8-21)36-15-13-35(14-16-36)17-18-38/h2-4,6-8,11-12,22-23,29,38H,5,9-10,13-19H2,1H3,(H,33,39). The predicted octanol–water partition coefficient (Wildman–Crippen LogP) is 4.06. The van der Waals surface area contributed by atoms with E-state index in [0.717, 1.165) is 61.9 Å². The molecular weight excluding hydrogens is 542 g/mol. The van der Waals surface area contributed by atoms with Crippen molar-refractivity contribution in [3.05, 3.63) is 75.2 Å². The Bertz CT molecular complexity index is 1600. The second-order valence-electron chi connectivity index (χ2n) is 11.2. The Labute approximate surface area is 243 Å². The number of carbonyl (C=O) groups is 1. The molecule has 1 aliphatic heterocycles. The maximum atomic E-state index is 14.0. The highest BCUT2D eigenvalue weighted by molar-refractivity contribution is 6.37. The van der Waals surface area contributed by atoms with Crippen LogP contribution in [0.5, 0.6) is 0 Å². The smallest absolute Gasteiger partial charge is 0.264 e. The first-order chi connectivity index (χ1) is 20.0. The summed E-state index contributed by atoms with van der Waals surface area (Å²) in [4.78, 5) is 32.3.